The van der Waals surface area contributed by atoms with Gasteiger partial charge in [-0.15, -0.1) is 11.3 Å². The molecule has 9 heteroatoms. The molecule has 1 aromatic rings. The Morgan fingerprint density at radius 1 is 1.58 bits per heavy atom. The van der Waals surface area contributed by atoms with Gasteiger partial charge in [0.15, 0.2) is 0 Å². The summed E-state index contributed by atoms with van der Waals surface area (Å²) >= 11 is 2.73. The number of carboxylic acids is 1. The molecule has 2 aliphatic rings. The van der Waals surface area contributed by atoms with Crippen molar-refractivity contribution in [2.24, 2.45) is 11.8 Å². The van der Waals surface area contributed by atoms with E-state index in [-0.39, 0.29) is 53.1 Å². The summed E-state index contributed by atoms with van der Waals surface area (Å²) in [5, 5.41) is 24.9. The van der Waals surface area contributed by atoms with Crippen LogP contribution in [0.15, 0.2) is 26.9 Å². The van der Waals surface area contributed by atoms with Gasteiger partial charge in [0.25, 0.3) is 0 Å². The Bertz CT molecular complexity index is 702. The number of aromatic nitrogens is 1. The third kappa shape index (κ3) is 3.23. The first-order valence-electron chi connectivity index (χ1n) is 7.11. The first kappa shape index (κ1) is 19.7. The number of aliphatic hydroxyl groups is 1. The van der Waals surface area contributed by atoms with Crippen molar-refractivity contribution in [3.8, 4) is 0 Å². The third-order valence-corrected chi connectivity index (χ3v) is 5.88. The Hall–Kier alpha value is -0.640. The van der Waals surface area contributed by atoms with Crippen LogP contribution in [0.1, 0.15) is 19.5 Å². The number of nitrogens with zero attached hydrogens (tertiary/aromatic N) is 2. The van der Waals surface area contributed by atoms with E-state index in [4.69, 9.17) is 0 Å². The first-order chi connectivity index (χ1) is 10.9. The number of thiazole rings is 1. The fourth-order valence-electron chi connectivity index (χ4n) is 3.15. The first-order valence-corrected chi connectivity index (χ1v) is 8.93. The van der Waals surface area contributed by atoms with Gasteiger partial charge < -0.3 is 19.9 Å². The van der Waals surface area contributed by atoms with Gasteiger partial charge in [-0.05, 0) is 18.4 Å². The molecule has 6 nitrogen and oxygen atoms in total. The Kier molecular flexibility index (Phi) is 6.33. The number of hydrogen-bond acceptors (Lipinski definition) is 7. The molecule has 0 saturated carbocycles. The molecule has 0 aliphatic carbocycles. The summed E-state index contributed by atoms with van der Waals surface area (Å²) in [6.45, 7) is 3.42. The number of carboxylic acid groups (broad SMARTS) is 1. The van der Waals surface area contributed by atoms with E-state index in [1.54, 1.807) is 23.9 Å². The topological polar surface area (TPSA) is 93.6 Å². The van der Waals surface area contributed by atoms with E-state index in [1.807, 2.05) is 12.3 Å². The van der Waals surface area contributed by atoms with Gasteiger partial charge in [-0.2, -0.15) is 0 Å². The Morgan fingerprint density at radius 3 is 2.83 bits per heavy atom. The normalized spacial score (nSPS) is 27.0. The summed E-state index contributed by atoms with van der Waals surface area (Å²) in [5.74, 6) is -2.43. The molecular formula is C15H15N2NaO4S2. The van der Waals surface area contributed by atoms with Crippen molar-refractivity contribution < 1.29 is 49.4 Å². The van der Waals surface area contributed by atoms with Gasteiger partial charge in [0.1, 0.15) is 0 Å². The van der Waals surface area contributed by atoms with Crippen LogP contribution in [0.25, 0.3) is 6.08 Å². The Balaban J connectivity index is 0.00000208. The van der Waals surface area contributed by atoms with Crippen molar-refractivity contribution >= 4 is 41.1 Å². The van der Waals surface area contributed by atoms with E-state index >= 15 is 0 Å². The standard InChI is InChI=1S/C15H16N2O4S2.Na/c1-7-11-10(8(2)18)14(19)17(11)12(15(20)21)13(7)23-4-3-9-5-22-6-16-9;/h3-8,10-11,18H,1-2H3,(H,20,21);/q;+1/p-1/b4-3-;/t7-,8-,10-,11-;/m1./s1. The molecule has 0 spiro atoms. The molecule has 24 heavy (non-hydrogen) atoms. The predicted molar refractivity (Wildman–Crippen MR) is 85.7 cm³/mol. The number of rotatable bonds is 5. The molecule has 4 atom stereocenters. The molecule has 3 rings (SSSR count). The SMILES string of the molecule is C[C@@H](O)[C@H]1C(=O)N2C(C(=O)[O-])=C(S/C=C\c3cscn3)[C@H](C)[C@H]12.[Na+]. The number of aliphatic hydroxyl groups excluding tert-OH is 1. The number of hydrogen-bond donors (Lipinski definition) is 1. The largest absolute Gasteiger partial charge is 1.00 e. The average Bonchev–Trinajstić information content (AvgIpc) is 3.05. The maximum atomic E-state index is 12.2. The fraction of sp³-hybridized carbons (Fsp3) is 0.400. The van der Waals surface area contributed by atoms with Crippen LogP contribution in [0.2, 0.25) is 0 Å². The van der Waals surface area contributed by atoms with E-state index in [0.717, 1.165) is 5.69 Å². The summed E-state index contributed by atoms with van der Waals surface area (Å²) in [7, 11) is 0. The summed E-state index contributed by atoms with van der Waals surface area (Å²) in [6, 6.07) is -0.314. The molecule has 1 fully saturated rings. The monoisotopic (exact) mass is 374 g/mol. The van der Waals surface area contributed by atoms with Crippen molar-refractivity contribution in [3.05, 3.63) is 32.6 Å². The summed E-state index contributed by atoms with van der Waals surface area (Å²) in [6.07, 6.45) is 0.987. The molecule has 1 saturated heterocycles. The zero-order valence-electron chi connectivity index (χ0n) is 13.5. The number of thioether (sulfide) groups is 1. The zero-order valence-corrected chi connectivity index (χ0v) is 17.1. The number of aliphatic carboxylic acids is 1. The minimum atomic E-state index is -1.36. The fourth-order valence-corrected chi connectivity index (χ4v) is 4.67. The van der Waals surface area contributed by atoms with Crippen LogP contribution in [0, 0.1) is 11.8 Å². The van der Waals surface area contributed by atoms with Crippen molar-refractivity contribution in [3.63, 3.8) is 0 Å². The zero-order chi connectivity index (χ0) is 16.7. The number of carbonyl (C=O) groups is 2. The van der Waals surface area contributed by atoms with Gasteiger partial charge in [-0.25, -0.2) is 4.98 Å². The molecule has 0 unspecified atom stereocenters. The molecule has 1 aromatic heterocycles. The van der Waals surface area contributed by atoms with E-state index < -0.39 is 18.0 Å². The predicted octanol–water partition coefficient (Wildman–Crippen LogP) is -2.33. The van der Waals surface area contributed by atoms with Crippen LogP contribution >= 0.6 is 23.1 Å². The molecule has 0 bridgehead atoms. The maximum absolute atomic E-state index is 12.2. The molecule has 0 aromatic carbocycles. The number of fused-ring (bicyclic) bond motifs is 1. The van der Waals surface area contributed by atoms with Crippen LogP contribution in [-0.2, 0) is 9.59 Å². The molecule has 1 N–H and O–H groups in total. The minimum Gasteiger partial charge on any atom is -0.543 e. The molecule has 2 aliphatic heterocycles. The molecular weight excluding hydrogens is 359 g/mol. The van der Waals surface area contributed by atoms with Crippen LogP contribution < -0.4 is 34.7 Å². The second kappa shape index (κ2) is 7.72. The maximum Gasteiger partial charge on any atom is 1.00 e. The molecule has 0 radical (unpaired) electrons. The summed E-state index contributed by atoms with van der Waals surface area (Å²) in [5.41, 5.74) is 2.44. The quantitative estimate of drug-likeness (QED) is 0.459. The Labute approximate surface area is 169 Å². The van der Waals surface area contributed by atoms with Crippen LogP contribution in [-0.4, -0.2) is 39.0 Å². The smallest absolute Gasteiger partial charge is 0.543 e. The van der Waals surface area contributed by atoms with Crippen LogP contribution in [0.4, 0.5) is 0 Å². The Morgan fingerprint density at radius 2 is 2.29 bits per heavy atom. The van der Waals surface area contributed by atoms with Gasteiger partial charge in [0, 0.05) is 16.2 Å². The third-order valence-electron chi connectivity index (χ3n) is 4.19. The van der Waals surface area contributed by atoms with E-state index in [2.05, 4.69) is 4.98 Å². The van der Waals surface area contributed by atoms with Gasteiger partial charge in [-0.1, -0.05) is 18.7 Å². The number of carbonyl (C=O) groups excluding carboxylic acids is 2. The molecule has 122 valence electrons. The van der Waals surface area contributed by atoms with E-state index in [9.17, 15) is 19.8 Å². The minimum absolute atomic E-state index is 0. The van der Waals surface area contributed by atoms with Gasteiger partial charge in [0.2, 0.25) is 5.91 Å². The van der Waals surface area contributed by atoms with Crippen molar-refractivity contribution in [2.75, 3.05) is 0 Å². The van der Waals surface area contributed by atoms with Gasteiger partial charge in [0.05, 0.1) is 40.9 Å². The number of β-lactam (4-membered cyclic amide) rings is 1. The number of amides is 1. The second-order valence-corrected chi connectivity index (χ2v) is 7.25. The van der Waals surface area contributed by atoms with E-state index in [1.165, 1.54) is 28.0 Å². The van der Waals surface area contributed by atoms with Crippen molar-refractivity contribution in [2.45, 2.75) is 26.0 Å². The van der Waals surface area contributed by atoms with Crippen molar-refractivity contribution in [1.82, 2.24) is 9.88 Å². The average molecular weight is 374 g/mol. The van der Waals surface area contributed by atoms with Crippen molar-refractivity contribution in [1.29, 1.82) is 0 Å². The van der Waals surface area contributed by atoms with Crippen LogP contribution in [0.3, 0.4) is 0 Å². The van der Waals surface area contributed by atoms with Gasteiger partial charge >= 0.3 is 29.6 Å². The summed E-state index contributed by atoms with van der Waals surface area (Å²) < 4.78 is 0. The van der Waals surface area contributed by atoms with Gasteiger partial charge in [-0.3, -0.25) is 4.79 Å². The van der Waals surface area contributed by atoms with Crippen LogP contribution in [0.5, 0.6) is 0 Å². The van der Waals surface area contributed by atoms with E-state index in [0.29, 0.717) is 4.91 Å². The molecule has 3 heterocycles. The summed E-state index contributed by atoms with van der Waals surface area (Å²) in [4.78, 5) is 29.6. The second-order valence-electron chi connectivity index (χ2n) is 5.59. The molecule has 1 amide bonds.